The number of nitrogens with zero attached hydrogens (tertiary/aromatic N) is 2. The molecule has 2 aromatic rings. The summed E-state index contributed by atoms with van der Waals surface area (Å²) in [5.74, 6) is -0.209. The first-order valence-electron chi connectivity index (χ1n) is 6.54. The monoisotopic (exact) mass is 357 g/mol. The summed E-state index contributed by atoms with van der Waals surface area (Å²) in [6.45, 7) is 0.109. The number of nitrogens with one attached hydrogen (secondary N) is 1. The van der Waals surface area contributed by atoms with Crippen molar-refractivity contribution in [2.45, 2.75) is 11.7 Å². The average Bonchev–Trinajstić information content (AvgIpc) is 2.89. The first-order chi connectivity index (χ1) is 10.5. The third-order valence-corrected chi connectivity index (χ3v) is 7.13. The minimum atomic E-state index is -3.02. The van der Waals surface area contributed by atoms with Gasteiger partial charge in [-0.05, 0) is 18.6 Å². The van der Waals surface area contributed by atoms with E-state index in [0.29, 0.717) is 11.4 Å². The molecule has 6 nitrogen and oxygen atoms in total. The Morgan fingerprint density at radius 1 is 1.50 bits per heavy atom. The number of thiazole rings is 1. The van der Waals surface area contributed by atoms with Crippen molar-refractivity contribution in [2.24, 2.45) is 0 Å². The lowest BCUT2D eigenvalue weighted by molar-refractivity contribution is 0.0957. The van der Waals surface area contributed by atoms with Gasteiger partial charge in [-0.3, -0.25) is 9.78 Å². The summed E-state index contributed by atoms with van der Waals surface area (Å²) in [6, 6.07) is 3.59. The highest BCUT2D eigenvalue weighted by Crippen LogP contribution is 2.30. The highest BCUT2D eigenvalue weighted by atomic mass is 35.5. The van der Waals surface area contributed by atoms with Crippen molar-refractivity contribution in [2.75, 3.05) is 12.3 Å². The summed E-state index contributed by atoms with van der Waals surface area (Å²) in [6.07, 6.45) is 3.86. The van der Waals surface area contributed by atoms with Gasteiger partial charge >= 0.3 is 0 Å². The van der Waals surface area contributed by atoms with Crippen molar-refractivity contribution in [1.82, 2.24) is 15.3 Å². The normalized spacial score (nSPS) is 19.4. The van der Waals surface area contributed by atoms with Crippen LogP contribution in [-0.4, -0.2) is 41.8 Å². The number of hydrogen-bond donors (Lipinski definition) is 1. The third-order valence-electron chi connectivity index (χ3n) is 3.42. The van der Waals surface area contributed by atoms with Crippen LogP contribution in [0.4, 0.5) is 0 Å². The Balaban J connectivity index is 1.72. The van der Waals surface area contributed by atoms with Crippen molar-refractivity contribution in [3.05, 3.63) is 34.6 Å². The van der Waals surface area contributed by atoms with E-state index in [2.05, 4.69) is 15.3 Å². The van der Waals surface area contributed by atoms with Crippen molar-refractivity contribution >= 4 is 38.7 Å². The molecule has 2 aromatic heterocycles. The standard InChI is InChI=1S/C13H12ClN3O3S2/c14-11-10(12(18)16-7-9-3-5-22(9,19)20)21-13(17-11)8-2-1-4-15-6-8/h1-2,4,6,9H,3,5,7H2,(H,16,18). The molecule has 0 bridgehead atoms. The molecule has 1 atom stereocenters. The number of sulfone groups is 1. The second-order valence-corrected chi connectivity index (χ2v) is 8.63. The van der Waals surface area contributed by atoms with Crippen LogP contribution in [0.1, 0.15) is 16.1 Å². The molecule has 1 saturated heterocycles. The first-order valence-corrected chi connectivity index (χ1v) is 9.45. The third kappa shape index (κ3) is 2.99. The molecule has 116 valence electrons. The largest absolute Gasteiger partial charge is 0.350 e. The van der Waals surface area contributed by atoms with Gasteiger partial charge in [-0.15, -0.1) is 11.3 Å². The van der Waals surface area contributed by atoms with Gasteiger partial charge in [-0.25, -0.2) is 13.4 Å². The highest BCUT2D eigenvalue weighted by molar-refractivity contribution is 7.93. The van der Waals surface area contributed by atoms with Crippen LogP contribution in [0.3, 0.4) is 0 Å². The van der Waals surface area contributed by atoms with Gasteiger partial charge < -0.3 is 5.32 Å². The van der Waals surface area contributed by atoms with Gasteiger partial charge in [0.2, 0.25) is 0 Å². The summed E-state index contributed by atoms with van der Waals surface area (Å²) in [4.78, 5) is 20.6. The Bertz CT molecular complexity index is 805. The quantitative estimate of drug-likeness (QED) is 0.900. The first kappa shape index (κ1) is 15.4. The van der Waals surface area contributed by atoms with Crippen molar-refractivity contribution in [3.63, 3.8) is 0 Å². The molecule has 0 spiro atoms. The summed E-state index contributed by atoms with van der Waals surface area (Å²) in [7, 11) is -3.02. The van der Waals surface area contributed by atoms with Gasteiger partial charge in [0, 0.05) is 24.5 Å². The Kier molecular flexibility index (Phi) is 4.16. The molecule has 1 aliphatic heterocycles. The predicted molar refractivity (Wildman–Crippen MR) is 84.9 cm³/mol. The number of rotatable bonds is 4. The van der Waals surface area contributed by atoms with Gasteiger partial charge in [0.15, 0.2) is 15.0 Å². The lowest BCUT2D eigenvalue weighted by Gasteiger charge is -2.25. The second kappa shape index (κ2) is 5.94. The van der Waals surface area contributed by atoms with Crippen molar-refractivity contribution < 1.29 is 13.2 Å². The Morgan fingerprint density at radius 2 is 2.32 bits per heavy atom. The highest BCUT2D eigenvalue weighted by Gasteiger charge is 2.35. The van der Waals surface area contributed by atoms with E-state index < -0.39 is 21.0 Å². The lowest BCUT2D eigenvalue weighted by atomic mass is 10.3. The maximum atomic E-state index is 12.1. The number of pyridine rings is 1. The van der Waals surface area contributed by atoms with Crippen molar-refractivity contribution in [3.8, 4) is 10.6 Å². The van der Waals surface area contributed by atoms with Gasteiger partial charge in [-0.2, -0.15) is 0 Å². The molecule has 1 amide bonds. The molecule has 1 aliphatic rings. The fourth-order valence-corrected chi connectivity index (χ4v) is 4.54. The zero-order chi connectivity index (χ0) is 15.7. The van der Waals surface area contributed by atoms with Crippen LogP contribution >= 0.6 is 22.9 Å². The molecular weight excluding hydrogens is 346 g/mol. The molecule has 1 unspecified atom stereocenters. The van der Waals surface area contributed by atoms with Gasteiger partial charge in [0.1, 0.15) is 9.88 Å². The van der Waals surface area contributed by atoms with Crippen LogP contribution in [0.5, 0.6) is 0 Å². The zero-order valence-corrected chi connectivity index (χ0v) is 13.7. The molecule has 1 fully saturated rings. The summed E-state index contributed by atoms with van der Waals surface area (Å²) >= 11 is 7.16. The minimum absolute atomic E-state index is 0.109. The second-order valence-electron chi connectivity index (χ2n) is 4.87. The Hall–Kier alpha value is -1.51. The van der Waals surface area contributed by atoms with E-state index in [4.69, 9.17) is 11.6 Å². The fraction of sp³-hybridized carbons (Fsp3) is 0.308. The van der Waals surface area contributed by atoms with E-state index >= 15 is 0 Å². The predicted octanol–water partition coefficient (Wildman–Crippen LogP) is 1.78. The van der Waals surface area contributed by atoms with E-state index in [1.165, 1.54) is 0 Å². The number of carbonyl (C=O) groups excluding carboxylic acids is 1. The molecule has 3 heterocycles. The van der Waals surface area contributed by atoms with Crippen LogP contribution in [0.15, 0.2) is 24.5 Å². The molecule has 0 aromatic carbocycles. The summed E-state index contributed by atoms with van der Waals surface area (Å²) < 4.78 is 22.9. The Labute approximate surface area is 136 Å². The fourth-order valence-electron chi connectivity index (χ4n) is 2.05. The van der Waals surface area contributed by atoms with Crippen LogP contribution in [0.2, 0.25) is 5.15 Å². The van der Waals surface area contributed by atoms with Crippen LogP contribution in [-0.2, 0) is 9.84 Å². The molecule has 9 heteroatoms. The number of amides is 1. The smallest absolute Gasteiger partial charge is 0.264 e. The topological polar surface area (TPSA) is 89.0 Å². The average molecular weight is 358 g/mol. The van der Waals surface area contributed by atoms with E-state index in [1.807, 2.05) is 6.07 Å². The van der Waals surface area contributed by atoms with Crippen LogP contribution in [0, 0.1) is 0 Å². The SMILES string of the molecule is O=C(NCC1CCS1(=O)=O)c1sc(-c2cccnc2)nc1Cl. The molecule has 3 rings (SSSR count). The molecule has 1 N–H and O–H groups in total. The van der Waals surface area contributed by atoms with Gasteiger partial charge in [-0.1, -0.05) is 11.6 Å². The van der Waals surface area contributed by atoms with Crippen LogP contribution in [0.25, 0.3) is 10.6 Å². The van der Waals surface area contributed by atoms with Gasteiger partial charge in [0.25, 0.3) is 5.91 Å². The molecule has 0 aliphatic carbocycles. The summed E-state index contributed by atoms with van der Waals surface area (Å²) in [5, 5.41) is 2.84. The maximum absolute atomic E-state index is 12.1. The molecule has 0 saturated carbocycles. The molecular formula is C13H12ClN3O3S2. The van der Waals surface area contributed by atoms with E-state index in [1.54, 1.807) is 18.5 Å². The van der Waals surface area contributed by atoms with Gasteiger partial charge in [0.05, 0.1) is 11.0 Å². The molecule has 0 radical (unpaired) electrons. The summed E-state index contributed by atoms with van der Waals surface area (Å²) in [5.41, 5.74) is 0.773. The van der Waals surface area contributed by atoms with Crippen LogP contribution < -0.4 is 5.32 Å². The zero-order valence-electron chi connectivity index (χ0n) is 11.3. The van der Waals surface area contributed by atoms with E-state index in [9.17, 15) is 13.2 Å². The number of hydrogen-bond acceptors (Lipinski definition) is 6. The Morgan fingerprint density at radius 3 is 2.91 bits per heavy atom. The number of aromatic nitrogens is 2. The maximum Gasteiger partial charge on any atom is 0.264 e. The van der Waals surface area contributed by atoms with Crippen molar-refractivity contribution in [1.29, 1.82) is 0 Å². The number of carbonyl (C=O) groups is 1. The minimum Gasteiger partial charge on any atom is -0.350 e. The molecule has 22 heavy (non-hydrogen) atoms. The van der Waals surface area contributed by atoms with E-state index in [0.717, 1.165) is 16.9 Å². The lowest BCUT2D eigenvalue weighted by Crippen LogP contribution is -2.45. The number of halogens is 1. The van der Waals surface area contributed by atoms with E-state index in [-0.39, 0.29) is 22.3 Å².